The Bertz CT molecular complexity index is 915. The monoisotopic (exact) mass is 352 g/mol. The fraction of sp³-hybridized carbons (Fsp3) is 0.333. The van der Waals surface area contributed by atoms with Gasteiger partial charge in [0.2, 0.25) is 0 Å². The third-order valence-electron chi connectivity index (χ3n) is 5.64. The lowest BCUT2D eigenvalue weighted by Gasteiger charge is -2.23. The average Bonchev–Trinajstić information content (AvgIpc) is 3.28. The number of rotatable bonds is 5. The third kappa shape index (κ3) is 2.30. The van der Waals surface area contributed by atoms with Crippen LogP contribution in [0.2, 0.25) is 0 Å². The summed E-state index contributed by atoms with van der Waals surface area (Å²) in [5.74, 6) is 0.613. The molecule has 2 bridgehead atoms. The van der Waals surface area contributed by atoms with Gasteiger partial charge in [0.25, 0.3) is 0 Å². The highest BCUT2D eigenvalue weighted by Crippen LogP contribution is 2.59. The SMILES string of the molecule is COc1cc(C(=O)c2ccccc2C(=O)O)c(OC)c2c1C1CCC2C1. The molecule has 0 radical (unpaired) electrons. The van der Waals surface area contributed by atoms with E-state index >= 15 is 0 Å². The number of carbonyl (C=O) groups is 2. The van der Waals surface area contributed by atoms with Crippen molar-refractivity contribution < 1.29 is 24.2 Å². The van der Waals surface area contributed by atoms with Gasteiger partial charge in [-0.3, -0.25) is 4.79 Å². The molecule has 4 rings (SSSR count). The van der Waals surface area contributed by atoms with Crippen LogP contribution in [0, 0.1) is 0 Å². The normalized spacial score (nSPS) is 19.9. The standard InChI is InChI=1S/C21H20O5/c1-25-16-10-15(19(22)13-5-3-4-6-14(13)21(23)24)20(26-2)18-12-8-7-11(9-12)17(16)18/h3-6,10-12H,7-9H2,1-2H3,(H,23,24). The van der Waals surface area contributed by atoms with E-state index < -0.39 is 5.97 Å². The Kier molecular flexibility index (Phi) is 3.94. The molecule has 1 fully saturated rings. The zero-order chi connectivity index (χ0) is 18.4. The third-order valence-corrected chi connectivity index (χ3v) is 5.64. The molecule has 2 aromatic rings. The smallest absolute Gasteiger partial charge is 0.336 e. The molecular weight excluding hydrogens is 332 g/mol. The number of ketones is 1. The first kappa shape index (κ1) is 16.6. The first-order chi connectivity index (χ1) is 12.6. The molecule has 2 aliphatic rings. The van der Waals surface area contributed by atoms with Crippen molar-refractivity contribution >= 4 is 11.8 Å². The van der Waals surface area contributed by atoms with E-state index in [0.717, 1.165) is 30.4 Å². The Morgan fingerprint density at radius 1 is 0.962 bits per heavy atom. The van der Waals surface area contributed by atoms with Crippen molar-refractivity contribution in [1.82, 2.24) is 0 Å². The summed E-state index contributed by atoms with van der Waals surface area (Å²) in [5.41, 5.74) is 2.73. The van der Waals surface area contributed by atoms with Crippen LogP contribution < -0.4 is 9.47 Å². The minimum atomic E-state index is -1.12. The summed E-state index contributed by atoms with van der Waals surface area (Å²) in [7, 11) is 3.17. The number of carboxylic acid groups (broad SMARTS) is 1. The average molecular weight is 352 g/mol. The van der Waals surface area contributed by atoms with Crippen LogP contribution >= 0.6 is 0 Å². The predicted octanol–water partition coefficient (Wildman–Crippen LogP) is 4.00. The summed E-state index contributed by atoms with van der Waals surface area (Å²) < 4.78 is 11.2. The second-order valence-corrected chi connectivity index (χ2v) is 6.87. The Morgan fingerprint density at radius 3 is 2.23 bits per heavy atom. The Hall–Kier alpha value is -2.82. The molecule has 2 aromatic carbocycles. The summed E-state index contributed by atoms with van der Waals surface area (Å²) in [4.78, 5) is 24.7. The fourth-order valence-corrected chi connectivity index (χ4v) is 4.58. The highest BCUT2D eigenvalue weighted by atomic mass is 16.5. The van der Waals surface area contributed by atoms with Crippen molar-refractivity contribution in [3.8, 4) is 11.5 Å². The van der Waals surface area contributed by atoms with E-state index in [-0.39, 0.29) is 16.9 Å². The number of ether oxygens (including phenoxy) is 2. The van der Waals surface area contributed by atoms with Gasteiger partial charge < -0.3 is 14.6 Å². The zero-order valence-electron chi connectivity index (χ0n) is 14.7. The number of carboxylic acids is 1. The van der Waals surface area contributed by atoms with Crippen LogP contribution in [0.1, 0.15) is 68.5 Å². The van der Waals surface area contributed by atoms with Crippen LogP contribution in [-0.2, 0) is 0 Å². The molecule has 0 saturated heterocycles. The molecule has 2 unspecified atom stereocenters. The van der Waals surface area contributed by atoms with E-state index in [4.69, 9.17) is 9.47 Å². The van der Waals surface area contributed by atoms with Gasteiger partial charge in [0.05, 0.1) is 25.3 Å². The van der Waals surface area contributed by atoms with Gasteiger partial charge in [-0.05, 0) is 43.2 Å². The van der Waals surface area contributed by atoms with Crippen molar-refractivity contribution in [2.45, 2.75) is 31.1 Å². The molecule has 5 heteroatoms. The van der Waals surface area contributed by atoms with Gasteiger partial charge in [-0.1, -0.05) is 18.2 Å². The molecule has 0 aromatic heterocycles. The lowest BCUT2D eigenvalue weighted by atomic mass is 9.86. The molecule has 0 amide bonds. The summed E-state index contributed by atoms with van der Waals surface area (Å²) in [6.45, 7) is 0. The topological polar surface area (TPSA) is 72.8 Å². The van der Waals surface area contributed by atoms with Gasteiger partial charge in [-0.15, -0.1) is 0 Å². The zero-order valence-corrected chi connectivity index (χ0v) is 14.7. The van der Waals surface area contributed by atoms with Gasteiger partial charge >= 0.3 is 5.97 Å². The maximum Gasteiger partial charge on any atom is 0.336 e. The van der Waals surface area contributed by atoms with E-state index in [1.165, 1.54) is 12.1 Å². The van der Waals surface area contributed by atoms with Gasteiger partial charge in [-0.2, -0.15) is 0 Å². The van der Waals surface area contributed by atoms with Gasteiger partial charge in [0.15, 0.2) is 5.78 Å². The predicted molar refractivity (Wildman–Crippen MR) is 95.7 cm³/mol. The number of fused-ring (bicyclic) bond motifs is 5. The van der Waals surface area contributed by atoms with Crippen LogP contribution in [0.15, 0.2) is 30.3 Å². The second-order valence-electron chi connectivity index (χ2n) is 6.87. The summed E-state index contributed by atoms with van der Waals surface area (Å²) in [6, 6.07) is 7.96. The summed E-state index contributed by atoms with van der Waals surface area (Å²) in [6.07, 6.45) is 3.28. The number of carbonyl (C=O) groups excluding carboxylic acids is 1. The number of hydrogen-bond acceptors (Lipinski definition) is 4. The first-order valence-electron chi connectivity index (χ1n) is 8.72. The second kappa shape index (κ2) is 6.16. The van der Waals surface area contributed by atoms with Crippen LogP contribution in [0.25, 0.3) is 0 Å². The van der Waals surface area contributed by atoms with Crippen LogP contribution in [0.3, 0.4) is 0 Å². The molecule has 1 saturated carbocycles. The molecule has 2 aliphatic carbocycles. The van der Waals surface area contributed by atoms with E-state index in [2.05, 4.69) is 0 Å². The number of benzene rings is 2. The molecule has 26 heavy (non-hydrogen) atoms. The highest BCUT2D eigenvalue weighted by molar-refractivity contribution is 6.16. The molecular formula is C21H20O5. The minimum absolute atomic E-state index is 0.0134. The Morgan fingerprint density at radius 2 is 1.62 bits per heavy atom. The largest absolute Gasteiger partial charge is 0.496 e. The van der Waals surface area contributed by atoms with Crippen molar-refractivity contribution in [2.75, 3.05) is 14.2 Å². The number of aromatic carboxylic acids is 1. The van der Waals surface area contributed by atoms with E-state index in [0.29, 0.717) is 28.9 Å². The highest BCUT2D eigenvalue weighted by Gasteiger charge is 2.43. The summed E-state index contributed by atoms with van der Waals surface area (Å²) in [5, 5.41) is 9.42. The van der Waals surface area contributed by atoms with Crippen molar-refractivity contribution in [3.63, 3.8) is 0 Å². The number of methoxy groups -OCH3 is 2. The Labute approximate surface area is 151 Å². The van der Waals surface area contributed by atoms with E-state index in [9.17, 15) is 14.7 Å². The van der Waals surface area contributed by atoms with Crippen molar-refractivity contribution in [3.05, 3.63) is 58.1 Å². The van der Waals surface area contributed by atoms with Crippen molar-refractivity contribution in [2.24, 2.45) is 0 Å². The lowest BCUT2D eigenvalue weighted by Crippen LogP contribution is -2.13. The maximum atomic E-state index is 13.2. The van der Waals surface area contributed by atoms with Crippen LogP contribution in [0.5, 0.6) is 11.5 Å². The summed E-state index contributed by atoms with van der Waals surface area (Å²) >= 11 is 0. The minimum Gasteiger partial charge on any atom is -0.496 e. The molecule has 5 nitrogen and oxygen atoms in total. The van der Waals surface area contributed by atoms with Gasteiger partial charge in [-0.25, -0.2) is 4.79 Å². The molecule has 0 heterocycles. The lowest BCUT2D eigenvalue weighted by molar-refractivity contribution is 0.0692. The molecule has 1 N–H and O–H groups in total. The molecule has 2 atom stereocenters. The maximum absolute atomic E-state index is 13.2. The molecule has 134 valence electrons. The van der Waals surface area contributed by atoms with Gasteiger partial charge in [0.1, 0.15) is 11.5 Å². The quantitative estimate of drug-likeness (QED) is 0.824. The fourth-order valence-electron chi connectivity index (χ4n) is 4.58. The molecule has 0 spiro atoms. The Balaban J connectivity index is 1.92. The van der Waals surface area contributed by atoms with Crippen LogP contribution in [-0.4, -0.2) is 31.1 Å². The van der Waals surface area contributed by atoms with E-state index in [1.807, 2.05) is 0 Å². The van der Waals surface area contributed by atoms with E-state index in [1.54, 1.807) is 32.4 Å². The van der Waals surface area contributed by atoms with Gasteiger partial charge in [0, 0.05) is 16.7 Å². The van der Waals surface area contributed by atoms with Crippen LogP contribution in [0.4, 0.5) is 0 Å². The molecule has 0 aliphatic heterocycles. The van der Waals surface area contributed by atoms with Crippen molar-refractivity contribution in [1.29, 1.82) is 0 Å². The number of hydrogen-bond donors (Lipinski definition) is 1. The first-order valence-corrected chi connectivity index (χ1v) is 8.72.